The molecule has 146 valence electrons. The summed E-state index contributed by atoms with van der Waals surface area (Å²) in [7, 11) is 0. The van der Waals surface area contributed by atoms with E-state index in [0.29, 0.717) is 24.1 Å². The molecule has 1 unspecified atom stereocenters. The van der Waals surface area contributed by atoms with E-state index in [0.717, 1.165) is 17.0 Å². The van der Waals surface area contributed by atoms with Gasteiger partial charge in [-0.3, -0.25) is 4.79 Å². The van der Waals surface area contributed by atoms with Crippen molar-refractivity contribution in [2.24, 2.45) is 0 Å². The molecule has 1 N–H and O–H groups in total. The second-order valence-corrected chi connectivity index (χ2v) is 7.61. The second-order valence-electron chi connectivity index (χ2n) is 6.28. The van der Waals surface area contributed by atoms with E-state index >= 15 is 0 Å². The SMILES string of the molecule is CCOc1ccc(NC(=O)C(C)SCc2nc(-c3ccc(C)cc3)no2)cc1. The van der Waals surface area contributed by atoms with Crippen molar-refractivity contribution in [1.29, 1.82) is 0 Å². The molecular weight excluding hydrogens is 374 g/mol. The third-order valence-corrected chi connectivity index (χ3v) is 5.16. The Morgan fingerprint density at radius 2 is 1.89 bits per heavy atom. The highest BCUT2D eigenvalue weighted by molar-refractivity contribution is 7.99. The molecule has 0 saturated heterocycles. The summed E-state index contributed by atoms with van der Waals surface area (Å²) in [6.45, 7) is 6.43. The number of hydrogen-bond acceptors (Lipinski definition) is 6. The lowest BCUT2D eigenvalue weighted by Crippen LogP contribution is -2.22. The molecule has 0 fully saturated rings. The fraction of sp³-hybridized carbons (Fsp3) is 0.286. The first-order chi connectivity index (χ1) is 13.5. The molecule has 28 heavy (non-hydrogen) atoms. The molecule has 0 aliphatic rings. The number of thioether (sulfide) groups is 1. The number of anilines is 1. The summed E-state index contributed by atoms with van der Waals surface area (Å²) in [5, 5.41) is 6.66. The molecule has 1 atom stereocenters. The van der Waals surface area contributed by atoms with Crippen LogP contribution in [0.15, 0.2) is 53.1 Å². The largest absolute Gasteiger partial charge is 0.494 e. The predicted octanol–water partition coefficient (Wildman–Crippen LogP) is 4.70. The zero-order chi connectivity index (χ0) is 19.9. The van der Waals surface area contributed by atoms with Crippen molar-refractivity contribution >= 4 is 23.4 Å². The molecule has 1 heterocycles. The van der Waals surface area contributed by atoms with E-state index < -0.39 is 0 Å². The minimum Gasteiger partial charge on any atom is -0.494 e. The van der Waals surface area contributed by atoms with Crippen LogP contribution in [0.25, 0.3) is 11.4 Å². The highest BCUT2D eigenvalue weighted by atomic mass is 32.2. The molecule has 0 spiro atoms. The maximum atomic E-state index is 12.4. The van der Waals surface area contributed by atoms with Crippen LogP contribution in [0.5, 0.6) is 5.75 Å². The summed E-state index contributed by atoms with van der Waals surface area (Å²) < 4.78 is 10.7. The molecule has 1 aromatic heterocycles. The molecule has 6 nitrogen and oxygen atoms in total. The van der Waals surface area contributed by atoms with E-state index in [4.69, 9.17) is 9.26 Å². The topological polar surface area (TPSA) is 77.2 Å². The van der Waals surface area contributed by atoms with Crippen molar-refractivity contribution in [3.05, 3.63) is 60.0 Å². The summed E-state index contributed by atoms with van der Waals surface area (Å²) in [4.78, 5) is 16.8. The third-order valence-electron chi connectivity index (χ3n) is 4.04. The summed E-state index contributed by atoms with van der Waals surface area (Å²) in [5.74, 6) is 2.23. The fourth-order valence-electron chi connectivity index (χ4n) is 2.45. The molecule has 0 aliphatic heterocycles. The van der Waals surface area contributed by atoms with Gasteiger partial charge in [0.25, 0.3) is 0 Å². The average Bonchev–Trinajstić information content (AvgIpc) is 3.17. The van der Waals surface area contributed by atoms with E-state index in [1.54, 1.807) is 0 Å². The summed E-state index contributed by atoms with van der Waals surface area (Å²) in [6.07, 6.45) is 0. The Kier molecular flexibility index (Phi) is 6.71. The number of aryl methyl sites for hydroxylation is 1. The number of carbonyl (C=O) groups is 1. The molecule has 2 aromatic carbocycles. The van der Waals surface area contributed by atoms with Gasteiger partial charge in [0.15, 0.2) is 0 Å². The van der Waals surface area contributed by atoms with E-state index in [2.05, 4.69) is 15.5 Å². The van der Waals surface area contributed by atoms with Crippen LogP contribution in [0.3, 0.4) is 0 Å². The quantitative estimate of drug-likeness (QED) is 0.593. The van der Waals surface area contributed by atoms with Gasteiger partial charge in [0.2, 0.25) is 17.6 Å². The predicted molar refractivity (Wildman–Crippen MR) is 111 cm³/mol. The molecule has 0 radical (unpaired) electrons. The van der Waals surface area contributed by atoms with E-state index in [9.17, 15) is 4.79 Å². The maximum absolute atomic E-state index is 12.4. The molecule has 0 bridgehead atoms. The van der Waals surface area contributed by atoms with Crippen molar-refractivity contribution < 1.29 is 14.1 Å². The second kappa shape index (κ2) is 9.41. The number of nitrogens with zero attached hydrogens (tertiary/aromatic N) is 2. The average molecular weight is 398 g/mol. The highest BCUT2D eigenvalue weighted by Crippen LogP contribution is 2.22. The summed E-state index contributed by atoms with van der Waals surface area (Å²) >= 11 is 1.45. The first kappa shape index (κ1) is 19.9. The fourth-order valence-corrected chi connectivity index (χ4v) is 3.17. The van der Waals surface area contributed by atoms with Gasteiger partial charge in [0.1, 0.15) is 5.75 Å². The van der Waals surface area contributed by atoms with Crippen LogP contribution in [0.1, 0.15) is 25.3 Å². The Morgan fingerprint density at radius 3 is 2.57 bits per heavy atom. The molecule has 1 amide bonds. The number of rotatable bonds is 8. The number of aromatic nitrogens is 2. The van der Waals surface area contributed by atoms with Crippen LogP contribution in [0, 0.1) is 6.92 Å². The molecular formula is C21H23N3O3S. The standard InChI is InChI=1S/C21H23N3O3S/c1-4-26-18-11-9-17(10-12-18)22-21(25)15(3)28-13-19-23-20(24-27-19)16-7-5-14(2)6-8-16/h5-12,15H,4,13H2,1-3H3,(H,22,25). The highest BCUT2D eigenvalue weighted by Gasteiger charge is 2.16. The van der Waals surface area contributed by atoms with Gasteiger partial charge in [0, 0.05) is 11.3 Å². The Bertz CT molecular complexity index is 907. The van der Waals surface area contributed by atoms with Crippen LogP contribution < -0.4 is 10.1 Å². The number of benzene rings is 2. The lowest BCUT2D eigenvalue weighted by molar-refractivity contribution is -0.115. The number of amides is 1. The normalized spacial score (nSPS) is 11.8. The van der Waals surface area contributed by atoms with Gasteiger partial charge in [0.05, 0.1) is 17.6 Å². The van der Waals surface area contributed by atoms with E-state index in [1.807, 2.05) is 69.3 Å². The minimum atomic E-state index is -0.263. The Labute approximate surface area is 168 Å². The zero-order valence-electron chi connectivity index (χ0n) is 16.1. The molecule has 0 aliphatic carbocycles. The number of ether oxygens (including phenoxy) is 1. The Balaban J connectivity index is 1.51. The van der Waals surface area contributed by atoms with Gasteiger partial charge >= 0.3 is 0 Å². The smallest absolute Gasteiger partial charge is 0.237 e. The summed E-state index contributed by atoms with van der Waals surface area (Å²) in [5.41, 5.74) is 2.82. The van der Waals surface area contributed by atoms with Crippen LogP contribution in [-0.4, -0.2) is 27.9 Å². The van der Waals surface area contributed by atoms with Crippen LogP contribution in [-0.2, 0) is 10.5 Å². The van der Waals surface area contributed by atoms with Gasteiger partial charge in [-0.05, 0) is 45.0 Å². The van der Waals surface area contributed by atoms with Crippen molar-refractivity contribution in [2.45, 2.75) is 31.8 Å². The third kappa shape index (κ3) is 5.36. The van der Waals surface area contributed by atoms with Crippen molar-refractivity contribution in [3.8, 4) is 17.1 Å². The van der Waals surface area contributed by atoms with Gasteiger partial charge in [-0.2, -0.15) is 4.98 Å². The number of carbonyl (C=O) groups excluding carboxylic acids is 1. The van der Waals surface area contributed by atoms with Crippen molar-refractivity contribution in [2.75, 3.05) is 11.9 Å². The summed E-state index contributed by atoms with van der Waals surface area (Å²) in [6, 6.07) is 15.3. The van der Waals surface area contributed by atoms with Crippen LogP contribution >= 0.6 is 11.8 Å². The van der Waals surface area contributed by atoms with Gasteiger partial charge < -0.3 is 14.6 Å². The van der Waals surface area contributed by atoms with E-state index in [-0.39, 0.29) is 11.2 Å². The lowest BCUT2D eigenvalue weighted by Gasteiger charge is -2.11. The van der Waals surface area contributed by atoms with Crippen LogP contribution in [0.4, 0.5) is 5.69 Å². The van der Waals surface area contributed by atoms with E-state index in [1.165, 1.54) is 17.3 Å². The van der Waals surface area contributed by atoms with Crippen LogP contribution in [0.2, 0.25) is 0 Å². The molecule has 7 heteroatoms. The molecule has 3 rings (SSSR count). The first-order valence-corrected chi connectivity index (χ1v) is 10.1. The zero-order valence-corrected chi connectivity index (χ0v) is 17.0. The molecule has 3 aromatic rings. The van der Waals surface area contributed by atoms with Crippen molar-refractivity contribution in [1.82, 2.24) is 10.1 Å². The molecule has 0 saturated carbocycles. The Hall–Kier alpha value is -2.80. The number of hydrogen-bond donors (Lipinski definition) is 1. The first-order valence-electron chi connectivity index (χ1n) is 9.10. The lowest BCUT2D eigenvalue weighted by atomic mass is 10.1. The minimum absolute atomic E-state index is 0.0765. The maximum Gasteiger partial charge on any atom is 0.237 e. The number of nitrogens with one attached hydrogen (secondary N) is 1. The monoisotopic (exact) mass is 397 g/mol. The van der Waals surface area contributed by atoms with Gasteiger partial charge in [-0.25, -0.2) is 0 Å². The Morgan fingerprint density at radius 1 is 1.18 bits per heavy atom. The van der Waals surface area contributed by atoms with Gasteiger partial charge in [-0.1, -0.05) is 35.0 Å². The van der Waals surface area contributed by atoms with Crippen molar-refractivity contribution in [3.63, 3.8) is 0 Å². The van der Waals surface area contributed by atoms with Gasteiger partial charge in [-0.15, -0.1) is 11.8 Å².